The second kappa shape index (κ2) is 7.72. The van der Waals surface area contributed by atoms with Crippen LogP contribution in [0.25, 0.3) is 0 Å². The maximum absolute atomic E-state index is 14.2. The summed E-state index contributed by atoms with van der Waals surface area (Å²) in [5.74, 6) is -0.748. The van der Waals surface area contributed by atoms with Gasteiger partial charge in [-0.05, 0) is 54.7 Å². The Morgan fingerprint density at radius 2 is 2.00 bits per heavy atom. The number of halogens is 1. The Balaban J connectivity index is 1.83. The van der Waals surface area contributed by atoms with Crippen molar-refractivity contribution in [2.24, 2.45) is 0 Å². The Bertz CT molecular complexity index is 1430. The van der Waals surface area contributed by atoms with E-state index in [1.807, 2.05) is 39.8 Å². The Hall–Kier alpha value is -2.62. The highest BCUT2D eigenvalue weighted by Gasteiger charge is 2.51. The van der Waals surface area contributed by atoms with Crippen LogP contribution in [0.2, 0.25) is 5.02 Å². The van der Waals surface area contributed by atoms with Gasteiger partial charge in [-0.3, -0.25) is 0 Å². The number of nitrogens with one attached hydrogen (secondary N) is 1. The first-order valence-electron chi connectivity index (χ1n) is 10.8. The van der Waals surface area contributed by atoms with E-state index >= 15 is 0 Å². The zero-order valence-electron chi connectivity index (χ0n) is 18.7. The number of ether oxygens (including phenoxy) is 1. The number of rotatable bonds is 2. The summed E-state index contributed by atoms with van der Waals surface area (Å²) >= 11 is 6.38. The largest absolute Gasteiger partial charge is 0.490 e. The summed E-state index contributed by atoms with van der Waals surface area (Å²) in [6.45, 7) is 7.97. The lowest BCUT2D eigenvalue weighted by Crippen LogP contribution is -2.45. The molecule has 3 atom stereocenters. The van der Waals surface area contributed by atoms with Gasteiger partial charge in [0, 0.05) is 16.5 Å². The van der Waals surface area contributed by atoms with Crippen LogP contribution >= 0.6 is 11.6 Å². The highest BCUT2D eigenvalue weighted by atomic mass is 35.5. The highest BCUT2D eigenvalue weighted by molar-refractivity contribution is 7.89. The van der Waals surface area contributed by atoms with Gasteiger partial charge in [-0.1, -0.05) is 37.6 Å². The van der Waals surface area contributed by atoms with Crippen LogP contribution in [0.5, 0.6) is 5.75 Å². The van der Waals surface area contributed by atoms with E-state index in [9.17, 15) is 13.2 Å². The van der Waals surface area contributed by atoms with Crippen molar-refractivity contribution in [2.45, 2.75) is 57.0 Å². The van der Waals surface area contributed by atoms with Crippen LogP contribution in [0.1, 0.15) is 65.6 Å². The Morgan fingerprint density at radius 1 is 1.24 bits per heavy atom. The maximum Gasteiger partial charge on any atom is 0.434 e. The minimum Gasteiger partial charge on any atom is -0.490 e. The molecule has 0 saturated carbocycles. The zero-order chi connectivity index (χ0) is 23.7. The van der Waals surface area contributed by atoms with Crippen LogP contribution in [-0.2, 0) is 16.4 Å². The molecule has 33 heavy (non-hydrogen) atoms. The number of benzene rings is 2. The van der Waals surface area contributed by atoms with Crippen LogP contribution in [0, 0.1) is 13.8 Å². The lowest BCUT2D eigenvalue weighted by Gasteiger charge is -2.43. The van der Waals surface area contributed by atoms with E-state index in [-0.39, 0.29) is 29.1 Å². The SMILES string of the molecule is CCc1c(Cl)ccc2c1OCC1c3ccc(C)c(C)c3[C@@H](C)[C@@H](c3n[nH]c(=O)o3)N1S2(=O)=O. The summed E-state index contributed by atoms with van der Waals surface area (Å²) < 4.78 is 41.3. The van der Waals surface area contributed by atoms with E-state index in [4.69, 9.17) is 20.8 Å². The van der Waals surface area contributed by atoms with Crippen molar-refractivity contribution in [3.8, 4) is 5.75 Å². The van der Waals surface area contributed by atoms with Gasteiger partial charge in [0.05, 0.1) is 6.04 Å². The molecule has 174 valence electrons. The first-order chi connectivity index (χ1) is 15.7. The fourth-order valence-electron chi connectivity index (χ4n) is 5.18. The number of nitrogens with zero attached hydrogens (tertiary/aromatic N) is 2. The molecule has 1 N–H and O–H groups in total. The third-order valence-corrected chi connectivity index (χ3v) is 9.13. The first kappa shape index (κ1) is 22.2. The molecule has 1 aromatic heterocycles. The molecule has 2 aromatic carbocycles. The molecule has 2 aliphatic rings. The molecular weight excluding hydrogens is 466 g/mol. The predicted molar refractivity (Wildman–Crippen MR) is 122 cm³/mol. The number of H-pyrrole nitrogens is 1. The first-order valence-corrected chi connectivity index (χ1v) is 12.6. The molecule has 0 amide bonds. The van der Waals surface area contributed by atoms with E-state index < -0.39 is 27.9 Å². The van der Waals surface area contributed by atoms with Crippen molar-refractivity contribution >= 4 is 21.6 Å². The summed E-state index contributed by atoms with van der Waals surface area (Å²) in [6.07, 6.45) is 0.519. The van der Waals surface area contributed by atoms with Gasteiger partial charge in [-0.25, -0.2) is 18.3 Å². The van der Waals surface area contributed by atoms with Crippen LogP contribution in [0.3, 0.4) is 0 Å². The third-order valence-electron chi connectivity index (χ3n) is 6.86. The van der Waals surface area contributed by atoms with Crippen molar-refractivity contribution in [3.63, 3.8) is 0 Å². The standard InChI is InChI=1S/C23H24ClN3O5S/c1-5-14-16(24)8-9-18-21(14)31-10-17-15-7-6-11(2)12(3)19(15)13(4)20(27(17)33(18,29)30)22-25-26-23(28)32-22/h6-9,13,17,20H,5,10H2,1-4H3,(H,26,28)/t13-,17?,20+/m1/s1. The highest BCUT2D eigenvalue weighted by Crippen LogP contribution is 2.53. The van der Waals surface area contributed by atoms with Gasteiger partial charge in [0.1, 0.15) is 23.3 Å². The molecular formula is C23H24ClN3O5S. The molecule has 0 radical (unpaired) electrons. The van der Waals surface area contributed by atoms with Crippen molar-refractivity contribution < 1.29 is 17.6 Å². The number of aromatic nitrogens is 2. The number of aromatic amines is 1. The fraction of sp³-hybridized carbons (Fsp3) is 0.391. The Labute approximate surface area is 196 Å². The summed E-state index contributed by atoms with van der Waals surface area (Å²) in [7, 11) is -4.08. The summed E-state index contributed by atoms with van der Waals surface area (Å²) in [4.78, 5) is 11.9. The average molecular weight is 490 g/mol. The number of aryl methyl sites for hydroxylation is 1. The topological polar surface area (TPSA) is 106 Å². The molecule has 0 saturated heterocycles. The van der Waals surface area contributed by atoms with E-state index in [0.717, 1.165) is 22.3 Å². The summed E-state index contributed by atoms with van der Waals surface area (Å²) in [6, 6.07) is 5.55. The smallest absolute Gasteiger partial charge is 0.434 e. The maximum atomic E-state index is 14.2. The molecule has 10 heteroatoms. The van der Waals surface area contributed by atoms with Crippen LogP contribution in [-0.4, -0.2) is 29.5 Å². The van der Waals surface area contributed by atoms with Crippen LogP contribution in [0.15, 0.2) is 38.4 Å². The number of hydrogen-bond donors (Lipinski definition) is 1. The van der Waals surface area contributed by atoms with E-state index in [1.165, 1.54) is 10.4 Å². The third kappa shape index (κ3) is 3.17. The lowest BCUT2D eigenvalue weighted by atomic mass is 9.79. The van der Waals surface area contributed by atoms with Gasteiger partial charge in [0.2, 0.25) is 15.9 Å². The molecule has 0 spiro atoms. The summed E-state index contributed by atoms with van der Waals surface area (Å²) in [5.41, 5.74) is 4.70. The molecule has 5 rings (SSSR count). The van der Waals surface area contributed by atoms with Gasteiger partial charge in [-0.15, -0.1) is 5.10 Å². The number of fused-ring (bicyclic) bond motifs is 4. The molecule has 0 fully saturated rings. The molecule has 2 aliphatic heterocycles. The van der Waals surface area contributed by atoms with E-state index in [2.05, 4.69) is 10.2 Å². The molecule has 0 aliphatic carbocycles. The van der Waals surface area contributed by atoms with Gasteiger partial charge in [0.15, 0.2) is 0 Å². The lowest BCUT2D eigenvalue weighted by molar-refractivity contribution is 0.134. The van der Waals surface area contributed by atoms with Crippen molar-refractivity contribution in [1.82, 2.24) is 14.5 Å². The second-order valence-electron chi connectivity index (χ2n) is 8.56. The fourth-order valence-corrected chi connectivity index (χ4v) is 7.43. The predicted octanol–water partition coefficient (Wildman–Crippen LogP) is 4.18. The molecule has 8 nitrogen and oxygen atoms in total. The number of hydrogen-bond acceptors (Lipinski definition) is 6. The van der Waals surface area contributed by atoms with Crippen molar-refractivity contribution in [2.75, 3.05) is 6.61 Å². The van der Waals surface area contributed by atoms with Crippen LogP contribution < -0.4 is 10.5 Å². The van der Waals surface area contributed by atoms with Crippen molar-refractivity contribution in [3.05, 3.63) is 73.5 Å². The Morgan fingerprint density at radius 3 is 2.67 bits per heavy atom. The Kier molecular flexibility index (Phi) is 5.19. The molecule has 3 aromatic rings. The van der Waals surface area contributed by atoms with Gasteiger partial charge in [0.25, 0.3) is 0 Å². The number of sulfonamides is 1. The molecule has 0 bridgehead atoms. The van der Waals surface area contributed by atoms with Crippen molar-refractivity contribution in [1.29, 1.82) is 0 Å². The molecule has 1 unspecified atom stereocenters. The van der Waals surface area contributed by atoms with Gasteiger partial charge >= 0.3 is 5.76 Å². The minimum atomic E-state index is -4.08. The molecule has 3 heterocycles. The zero-order valence-corrected chi connectivity index (χ0v) is 20.2. The average Bonchev–Trinajstić information content (AvgIpc) is 3.15. The van der Waals surface area contributed by atoms with Gasteiger partial charge < -0.3 is 9.15 Å². The summed E-state index contributed by atoms with van der Waals surface area (Å²) in [5, 5.41) is 6.77. The normalized spacial score (nSPS) is 23.7. The van der Waals surface area contributed by atoms with E-state index in [1.54, 1.807) is 6.07 Å². The quantitative estimate of drug-likeness (QED) is 0.579. The monoisotopic (exact) mass is 489 g/mol. The van der Waals surface area contributed by atoms with Crippen LogP contribution in [0.4, 0.5) is 0 Å². The minimum absolute atomic E-state index is 0.0285. The van der Waals surface area contributed by atoms with E-state index in [0.29, 0.717) is 17.0 Å². The second-order valence-corrected chi connectivity index (χ2v) is 10.8. The van der Waals surface area contributed by atoms with Gasteiger partial charge in [-0.2, -0.15) is 4.31 Å².